The van der Waals surface area contributed by atoms with Crippen molar-refractivity contribution in [2.75, 3.05) is 13.1 Å². The molecule has 2 heteroatoms. The minimum Gasteiger partial charge on any atom is -0.342 e. The van der Waals surface area contributed by atoms with Crippen molar-refractivity contribution in [3.63, 3.8) is 0 Å². The molecule has 0 spiro atoms. The van der Waals surface area contributed by atoms with Gasteiger partial charge in [-0.1, -0.05) is 30.9 Å². The fourth-order valence-corrected chi connectivity index (χ4v) is 1.70. The van der Waals surface area contributed by atoms with E-state index in [0.29, 0.717) is 6.42 Å². The zero-order valence-corrected chi connectivity index (χ0v) is 9.41. The van der Waals surface area contributed by atoms with Gasteiger partial charge in [0.2, 0.25) is 5.91 Å². The molecule has 1 aliphatic heterocycles. The second-order valence-corrected chi connectivity index (χ2v) is 3.72. The molecule has 1 saturated heterocycles. The number of rotatable bonds is 4. The van der Waals surface area contributed by atoms with Gasteiger partial charge in [-0.3, -0.25) is 4.79 Å². The summed E-state index contributed by atoms with van der Waals surface area (Å²) in [7, 11) is 0. The third-order valence-electron chi connectivity index (χ3n) is 2.63. The van der Waals surface area contributed by atoms with Crippen molar-refractivity contribution in [2.24, 2.45) is 0 Å². The summed E-state index contributed by atoms with van der Waals surface area (Å²) in [4.78, 5) is 13.8. The SMILES string of the molecule is C=C/C=C\C(=C/C)CC(=O)N1CCCC1. The summed E-state index contributed by atoms with van der Waals surface area (Å²) in [5.41, 5.74) is 1.06. The lowest BCUT2D eigenvalue weighted by Gasteiger charge is -2.15. The van der Waals surface area contributed by atoms with E-state index in [0.717, 1.165) is 31.5 Å². The maximum atomic E-state index is 11.8. The highest BCUT2D eigenvalue weighted by molar-refractivity contribution is 5.79. The highest BCUT2D eigenvalue weighted by Crippen LogP contribution is 2.12. The Balaban J connectivity index is 2.47. The Morgan fingerprint density at radius 3 is 2.60 bits per heavy atom. The molecule has 0 aliphatic carbocycles. The summed E-state index contributed by atoms with van der Waals surface area (Å²) in [6.07, 6.45) is 10.3. The van der Waals surface area contributed by atoms with Crippen molar-refractivity contribution >= 4 is 5.91 Å². The Kier molecular flexibility index (Phi) is 4.88. The molecule has 0 unspecified atom stereocenters. The predicted octanol–water partition coefficient (Wildman–Crippen LogP) is 2.69. The number of hydrogen-bond acceptors (Lipinski definition) is 1. The fraction of sp³-hybridized carbons (Fsp3) is 0.462. The maximum absolute atomic E-state index is 11.8. The van der Waals surface area contributed by atoms with E-state index in [1.54, 1.807) is 6.08 Å². The second kappa shape index (κ2) is 6.23. The van der Waals surface area contributed by atoms with Gasteiger partial charge < -0.3 is 4.90 Å². The van der Waals surface area contributed by atoms with Crippen LogP contribution in [-0.2, 0) is 4.79 Å². The lowest BCUT2D eigenvalue weighted by molar-refractivity contribution is -0.129. The number of nitrogens with zero attached hydrogens (tertiary/aromatic N) is 1. The number of hydrogen-bond donors (Lipinski definition) is 0. The summed E-state index contributed by atoms with van der Waals surface area (Å²) < 4.78 is 0. The summed E-state index contributed by atoms with van der Waals surface area (Å²) in [5, 5.41) is 0. The van der Waals surface area contributed by atoms with Crippen LogP contribution >= 0.6 is 0 Å². The topological polar surface area (TPSA) is 20.3 Å². The molecule has 15 heavy (non-hydrogen) atoms. The molecule has 0 saturated carbocycles. The average molecular weight is 205 g/mol. The van der Waals surface area contributed by atoms with E-state index >= 15 is 0 Å². The van der Waals surface area contributed by atoms with Gasteiger partial charge in [-0.05, 0) is 25.3 Å². The molecular formula is C13H19NO. The number of carbonyl (C=O) groups is 1. The molecule has 2 nitrogen and oxygen atoms in total. The van der Waals surface area contributed by atoms with Gasteiger partial charge in [0.05, 0.1) is 6.42 Å². The van der Waals surface area contributed by atoms with Crippen LogP contribution in [0.25, 0.3) is 0 Å². The highest BCUT2D eigenvalue weighted by Gasteiger charge is 2.17. The first-order valence-electron chi connectivity index (χ1n) is 5.50. The molecule has 1 heterocycles. The minimum absolute atomic E-state index is 0.245. The van der Waals surface area contributed by atoms with Crippen LogP contribution < -0.4 is 0 Å². The van der Waals surface area contributed by atoms with Crippen molar-refractivity contribution in [3.05, 3.63) is 36.5 Å². The van der Waals surface area contributed by atoms with Crippen LogP contribution in [0.4, 0.5) is 0 Å². The van der Waals surface area contributed by atoms with Gasteiger partial charge in [-0.15, -0.1) is 0 Å². The third-order valence-corrected chi connectivity index (χ3v) is 2.63. The Bertz CT molecular complexity index is 283. The van der Waals surface area contributed by atoms with Crippen LogP contribution in [0.1, 0.15) is 26.2 Å². The van der Waals surface area contributed by atoms with Crippen molar-refractivity contribution in [1.82, 2.24) is 4.90 Å². The quantitative estimate of drug-likeness (QED) is 0.646. The molecule has 0 radical (unpaired) electrons. The second-order valence-electron chi connectivity index (χ2n) is 3.72. The molecule has 0 aromatic heterocycles. The average Bonchev–Trinajstić information content (AvgIpc) is 2.77. The monoisotopic (exact) mass is 205 g/mol. The van der Waals surface area contributed by atoms with Gasteiger partial charge in [0.25, 0.3) is 0 Å². The Morgan fingerprint density at radius 1 is 1.40 bits per heavy atom. The van der Waals surface area contributed by atoms with Crippen LogP contribution in [-0.4, -0.2) is 23.9 Å². The van der Waals surface area contributed by atoms with Crippen molar-refractivity contribution in [2.45, 2.75) is 26.2 Å². The first kappa shape index (κ1) is 11.8. The molecule has 82 valence electrons. The predicted molar refractivity (Wildman–Crippen MR) is 63.5 cm³/mol. The molecule has 1 amide bonds. The van der Waals surface area contributed by atoms with Gasteiger partial charge in [0.1, 0.15) is 0 Å². The van der Waals surface area contributed by atoms with E-state index in [9.17, 15) is 4.79 Å². The highest BCUT2D eigenvalue weighted by atomic mass is 16.2. The molecule has 1 aliphatic rings. The lowest BCUT2D eigenvalue weighted by atomic mass is 10.1. The summed E-state index contributed by atoms with van der Waals surface area (Å²) in [5.74, 6) is 0.245. The van der Waals surface area contributed by atoms with Crippen molar-refractivity contribution in [1.29, 1.82) is 0 Å². The van der Waals surface area contributed by atoms with E-state index in [4.69, 9.17) is 0 Å². The van der Waals surface area contributed by atoms with Crippen LogP contribution in [0, 0.1) is 0 Å². The molecule has 0 aromatic rings. The summed E-state index contributed by atoms with van der Waals surface area (Å²) >= 11 is 0. The van der Waals surface area contributed by atoms with E-state index < -0.39 is 0 Å². The normalized spacial score (nSPS) is 17.4. The number of carbonyl (C=O) groups excluding carboxylic acids is 1. The molecule has 0 aromatic carbocycles. The standard InChI is InChI=1S/C13H19NO/c1-3-5-8-12(4-2)11-13(15)14-9-6-7-10-14/h3-5,8H,1,6-7,9-11H2,2H3/b8-5-,12-4+. The Labute approximate surface area is 92.0 Å². The third kappa shape index (κ3) is 3.74. The molecular weight excluding hydrogens is 186 g/mol. The van der Waals surface area contributed by atoms with E-state index in [2.05, 4.69) is 6.58 Å². The van der Waals surface area contributed by atoms with Crippen molar-refractivity contribution < 1.29 is 4.79 Å². The maximum Gasteiger partial charge on any atom is 0.226 e. The summed E-state index contributed by atoms with van der Waals surface area (Å²) in [6.45, 7) is 7.44. The van der Waals surface area contributed by atoms with Gasteiger partial charge in [-0.2, -0.15) is 0 Å². The molecule has 0 N–H and O–H groups in total. The van der Waals surface area contributed by atoms with Crippen LogP contribution in [0.15, 0.2) is 36.5 Å². The van der Waals surface area contributed by atoms with E-state index in [1.807, 2.05) is 30.1 Å². The van der Waals surface area contributed by atoms with Crippen LogP contribution in [0.3, 0.4) is 0 Å². The Hall–Kier alpha value is -1.31. The summed E-state index contributed by atoms with van der Waals surface area (Å²) in [6, 6.07) is 0. The first-order chi connectivity index (χ1) is 7.27. The smallest absolute Gasteiger partial charge is 0.226 e. The van der Waals surface area contributed by atoms with Crippen LogP contribution in [0.5, 0.6) is 0 Å². The first-order valence-corrected chi connectivity index (χ1v) is 5.50. The van der Waals surface area contributed by atoms with E-state index in [-0.39, 0.29) is 5.91 Å². The zero-order valence-electron chi connectivity index (χ0n) is 9.41. The van der Waals surface area contributed by atoms with Crippen LogP contribution in [0.2, 0.25) is 0 Å². The number of allylic oxidation sites excluding steroid dienone is 4. The number of amides is 1. The molecule has 1 rings (SSSR count). The van der Waals surface area contributed by atoms with Gasteiger partial charge >= 0.3 is 0 Å². The number of likely N-dealkylation sites (tertiary alicyclic amines) is 1. The zero-order chi connectivity index (χ0) is 11.1. The van der Waals surface area contributed by atoms with Gasteiger partial charge in [0.15, 0.2) is 0 Å². The largest absolute Gasteiger partial charge is 0.342 e. The molecule has 0 atom stereocenters. The van der Waals surface area contributed by atoms with Crippen molar-refractivity contribution in [3.8, 4) is 0 Å². The van der Waals surface area contributed by atoms with Gasteiger partial charge in [0, 0.05) is 13.1 Å². The van der Waals surface area contributed by atoms with E-state index in [1.165, 1.54) is 0 Å². The molecule has 0 bridgehead atoms. The Morgan fingerprint density at radius 2 is 2.07 bits per heavy atom. The minimum atomic E-state index is 0.245. The lowest BCUT2D eigenvalue weighted by Crippen LogP contribution is -2.27. The fourth-order valence-electron chi connectivity index (χ4n) is 1.70. The molecule has 1 fully saturated rings. The van der Waals surface area contributed by atoms with Gasteiger partial charge in [-0.25, -0.2) is 0 Å².